The molecule has 31 heavy (non-hydrogen) atoms. The van der Waals surface area contributed by atoms with Crippen LogP contribution in [0.15, 0.2) is 47.8 Å². The molecule has 0 saturated heterocycles. The lowest BCUT2D eigenvalue weighted by molar-refractivity contribution is -0.120. The highest BCUT2D eigenvalue weighted by molar-refractivity contribution is 7.11. The van der Waals surface area contributed by atoms with Gasteiger partial charge in [-0.15, -0.1) is 11.3 Å². The highest BCUT2D eigenvalue weighted by atomic mass is 32.1. The van der Waals surface area contributed by atoms with Crippen LogP contribution in [0.2, 0.25) is 0 Å². The van der Waals surface area contributed by atoms with Crippen LogP contribution in [0, 0.1) is 0 Å². The summed E-state index contributed by atoms with van der Waals surface area (Å²) in [5, 5.41) is 5.10. The normalized spacial score (nSPS) is 15.0. The number of thiophene rings is 1. The van der Waals surface area contributed by atoms with Crippen LogP contribution in [-0.4, -0.2) is 32.6 Å². The number of carbonyl (C=O) groups is 2. The van der Waals surface area contributed by atoms with Crippen LogP contribution in [0.3, 0.4) is 0 Å². The maximum atomic E-state index is 12.6. The fourth-order valence-electron chi connectivity index (χ4n) is 3.65. The Morgan fingerprint density at radius 1 is 1.13 bits per heavy atom. The quantitative estimate of drug-likeness (QED) is 0.585. The second-order valence-corrected chi connectivity index (χ2v) is 8.00. The van der Waals surface area contributed by atoms with Gasteiger partial charge in [-0.25, -0.2) is 0 Å². The van der Waals surface area contributed by atoms with Gasteiger partial charge in [0.2, 0.25) is 5.91 Å². The van der Waals surface area contributed by atoms with Crippen molar-refractivity contribution in [2.75, 3.05) is 26.1 Å². The second kappa shape index (κ2) is 8.69. The van der Waals surface area contributed by atoms with Gasteiger partial charge in [0.25, 0.3) is 5.91 Å². The van der Waals surface area contributed by atoms with Crippen LogP contribution in [0.1, 0.15) is 22.8 Å². The smallest absolute Gasteiger partial charge is 0.255 e. The Morgan fingerprint density at radius 3 is 2.58 bits per heavy atom. The lowest BCUT2D eigenvalue weighted by Crippen LogP contribution is -2.22. The molecular formula is C23H22N2O5S. The van der Waals surface area contributed by atoms with Gasteiger partial charge >= 0.3 is 0 Å². The van der Waals surface area contributed by atoms with E-state index >= 15 is 0 Å². The zero-order valence-electron chi connectivity index (χ0n) is 17.1. The first kappa shape index (κ1) is 20.7. The topological polar surface area (TPSA) is 99.9 Å². The van der Waals surface area contributed by atoms with E-state index < -0.39 is 5.91 Å². The minimum absolute atomic E-state index is 0.0429. The molecular weight excluding hydrogens is 416 g/mol. The fourth-order valence-corrected chi connectivity index (χ4v) is 4.81. The summed E-state index contributed by atoms with van der Waals surface area (Å²) in [5.41, 5.74) is 8.92. The van der Waals surface area contributed by atoms with Crippen molar-refractivity contribution >= 4 is 28.8 Å². The third-order valence-electron chi connectivity index (χ3n) is 5.15. The van der Waals surface area contributed by atoms with E-state index in [0.29, 0.717) is 17.9 Å². The van der Waals surface area contributed by atoms with E-state index in [1.54, 1.807) is 24.5 Å². The average Bonchev–Trinajstić information content (AvgIpc) is 3.20. The number of rotatable bonds is 7. The monoisotopic (exact) mass is 438 g/mol. The zero-order chi connectivity index (χ0) is 22.0. The number of carbonyl (C=O) groups excluding carboxylic acids is 2. The number of hydrogen-bond donors (Lipinski definition) is 2. The number of ether oxygens (including phenoxy) is 3. The number of hydrogen-bond acceptors (Lipinski definition) is 6. The Kier molecular flexibility index (Phi) is 5.81. The molecule has 0 radical (unpaired) electrons. The molecule has 1 atom stereocenters. The molecule has 160 valence electrons. The van der Waals surface area contributed by atoms with Crippen LogP contribution in [0.5, 0.6) is 17.2 Å². The number of nitrogens with two attached hydrogens (primary N) is 1. The summed E-state index contributed by atoms with van der Waals surface area (Å²) < 4.78 is 16.1. The van der Waals surface area contributed by atoms with Crippen molar-refractivity contribution in [1.82, 2.24) is 0 Å². The minimum Gasteiger partial charge on any atom is -0.497 e. The third kappa shape index (κ3) is 4.20. The largest absolute Gasteiger partial charge is 0.497 e. The van der Waals surface area contributed by atoms with Crippen LogP contribution in [-0.2, 0) is 9.59 Å². The highest BCUT2D eigenvalue weighted by Crippen LogP contribution is 2.47. The Balaban J connectivity index is 1.69. The van der Waals surface area contributed by atoms with E-state index in [1.807, 2.05) is 36.4 Å². The molecule has 2 amide bonds. The number of primary amides is 1. The Bertz CT molecular complexity index is 1120. The van der Waals surface area contributed by atoms with Gasteiger partial charge < -0.3 is 25.3 Å². The number of nitrogens with one attached hydrogen (secondary N) is 1. The molecule has 2 heterocycles. The van der Waals surface area contributed by atoms with Crippen molar-refractivity contribution in [3.8, 4) is 28.4 Å². The first-order chi connectivity index (χ1) is 15.0. The summed E-state index contributed by atoms with van der Waals surface area (Å²) in [6.45, 7) is -0.234. The van der Waals surface area contributed by atoms with Gasteiger partial charge in [0.15, 0.2) is 18.1 Å². The van der Waals surface area contributed by atoms with Gasteiger partial charge in [-0.2, -0.15) is 0 Å². The molecule has 7 nitrogen and oxygen atoms in total. The number of methoxy groups -OCH3 is 2. The zero-order valence-corrected chi connectivity index (χ0v) is 18.0. The first-order valence-electron chi connectivity index (χ1n) is 9.65. The van der Waals surface area contributed by atoms with Gasteiger partial charge in [0, 0.05) is 28.2 Å². The van der Waals surface area contributed by atoms with Crippen molar-refractivity contribution < 1.29 is 23.8 Å². The van der Waals surface area contributed by atoms with Gasteiger partial charge in [-0.1, -0.05) is 18.2 Å². The van der Waals surface area contributed by atoms with E-state index in [9.17, 15) is 9.59 Å². The molecule has 0 spiro atoms. The molecule has 0 fully saturated rings. The van der Waals surface area contributed by atoms with Gasteiger partial charge in [-0.3, -0.25) is 9.59 Å². The summed E-state index contributed by atoms with van der Waals surface area (Å²) in [5.74, 6) is 0.970. The van der Waals surface area contributed by atoms with Crippen molar-refractivity contribution in [1.29, 1.82) is 0 Å². The van der Waals surface area contributed by atoms with E-state index in [-0.39, 0.29) is 18.4 Å². The highest BCUT2D eigenvalue weighted by Gasteiger charge is 2.31. The Morgan fingerprint density at radius 2 is 1.90 bits per heavy atom. The summed E-state index contributed by atoms with van der Waals surface area (Å²) in [7, 11) is 3.16. The lowest BCUT2D eigenvalue weighted by Gasteiger charge is -2.24. The van der Waals surface area contributed by atoms with Crippen LogP contribution in [0.25, 0.3) is 11.1 Å². The molecule has 0 bridgehead atoms. The second-order valence-electron chi connectivity index (χ2n) is 7.09. The van der Waals surface area contributed by atoms with E-state index in [2.05, 4.69) is 10.7 Å². The molecule has 1 aromatic heterocycles. The van der Waals surface area contributed by atoms with Crippen molar-refractivity contribution in [3.63, 3.8) is 0 Å². The molecule has 3 N–H and O–H groups in total. The van der Waals surface area contributed by atoms with Gasteiger partial charge in [0.05, 0.1) is 19.9 Å². The molecule has 0 aliphatic carbocycles. The molecule has 3 aromatic rings. The van der Waals surface area contributed by atoms with Crippen molar-refractivity contribution in [2.24, 2.45) is 5.73 Å². The predicted molar refractivity (Wildman–Crippen MR) is 119 cm³/mol. The van der Waals surface area contributed by atoms with E-state index in [1.165, 1.54) is 7.11 Å². The minimum atomic E-state index is -0.565. The molecule has 8 heteroatoms. The van der Waals surface area contributed by atoms with Crippen LogP contribution in [0.4, 0.5) is 5.69 Å². The molecule has 1 aliphatic rings. The fraction of sp³-hybridized carbons (Fsp3) is 0.217. The van der Waals surface area contributed by atoms with Crippen molar-refractivity contribution in [3.05, 3.63) is 58.3 Å². The molecule has 1 aliphatic heterocycles. The number of amides is 2. The van der Waals surface area contributed by atoms with E-state index in [4.69, 9.17) is 19.9 Å². The predicted octanol–water partition coefficient (Wildman–Crippen LogP) is 3.77. The summed E-state index contributed by atoms with van der Waals surface area (Å²) in [4.78, 5) is 24.7. The Hall–Kier alpha value is -3.52. The van der Waals surface area contributed by atoms with Crippen molar-refractivity contribution in [2.45, 2.75) is 12.3 Å². The third-order valence-corrected chi connectivity index (χ3v) is 6.25. The SMILES string of the molecule is COc1ccc(-c2csc3c2NC(=O)C[C@H]3c2ccc(OCC(N)=O)c(OC)c2)cc1. The molecule has 0 unspecified atom stereocenters. The van der Waals surface area contributed by atoms with Gasteiger partial charge in [-0.05, 0) is 35.4 Å². The molecule has 2 aromatic carbocycles. The number of anilines is 1. The summed E-state index contributed by atoms with van der Waals surface area (Å²) in [6, 6.07) is 13.2. The van der Waals surface area contributed by atoms with E-state index in [0.717, 1.165) is 33.0 Å². The molecule has 4 rings (SSSR count). The maximum Gasteiger partial charge on any atom is 0.255 e. The average molecular weight is 439 g/mol. The Labute approximate surface area is 183 Å². The number of fused-ring (bicyclic) bond motifs is 1. The standard InChI is InChI=1S/C23H22N2O5S/c1-28-15-6-3-13(4-7-15)17-12-31-23-16(10-21(27)25-22(17)23)14-5-8-18(19(9-14)29-2)30-11-20(24)26/h3-9,12,16H,10-11H2,1-2H3,(H2,24,26)(H,25,27)/t16-/m0/s1. The van der Waals surface area contributed by atoms with Gasteiger partial charge in [0.1, 0.15) is 5.75 Å². The molecule has 0 saturated carbocycles. The lowest BCUT2D eigenvalue weighted by atomic mass is 9.89. The number of benzene rings is 2. The van der Waals surface area contributed by atoms with Crippen LogP contribution < -0.4 is 25.3 Å². The summed E-state index contributed by atoms with van der Waals surface area (Å²) >= 11 is 1.61. The maximum absolute atomic E-state index is 12.6. The summed E-state index contributed by atoms with van der Waals surface area (Å²) in [6.07, 6.45) is 0.334. The van der Waals surface area contributed by atoms with Crippen LogP contribution >= 0.6 is 11.3 Å². The first-order valence-corrected chi connectivity index (χ1v) is 10.5.